The highest BCUT2D eigenvalue weighted by atomic mass is 35.5. The first-order valence-electron chi connectivity index (χ1n) is 11.1. The SMILES string of the molecule is CCC(C(=O)NCC(C)C)N(Cc1ccc(Cl)cc1)C(=O)CN(c1ccc(Cl)cc1Cl)S(C)(=O)=O. The predicted octanol–water partition coefficient (Wildman–Crippen LogP) is 4.99. The van der Waals surface area contributed by atoms with Crippen LogP contribution in [-0.4, -0.2) is 50.5 Å². The number of halogens is 3. The molecule has 2 aromatic carbocycles. The van der Waals surface area contributed by atoms with E-state index >= 15 is 0 Å². The first-order valence-corrected chi connectivity index (χ1v) is 14.1. The number of rotatable bonds is 11. The lowest BCUT2D eigenvalue weighted by Gasteiger charge is -2.33. The van der Waals surface area contributed by atoms with Crippen LogP contribution < -0.4 is 9.62 Å². The molecule has 0 aliphatic heterocycles. The summed E-state index contributed by atoms with van der Waals surface area (Å²) in [4.78, 5) is 28.0. The third-order valence-corrected chi connectivity index (χ3v) is 7.11. The molecule has 0 bridgehead atoms. The van der Waals surface area contributed by atoms with Crippen LogP contribution in [0.25, 0.3) is 0 Å². The van der Waals surface area contributed by atoms with Crippen molar-refractivity contribution in [2.75, 3.05) is 23.7 Å². The normalized spacial score (nSPS) is 12.3. The first-order chi connectivity index (χ1) is 16.3. The van der Waals surface area contributed by atoms with Crippen LogP contribution in [0.5, 0.6) is 0 Å². The Morgan fingerprint density at radius 2 is 1.60 bits per heavy atom. The topological polar surface area (TPSA) is 86.8 Å². The van der Waals surface area contributed by atoms with Crippen molar-refractivity contribution in [3.8, 4) is 0 Å². The molecule has 1 N–H and O–H groups in total. The third kappa shape index (κ3) is 8.56. The Hall–Kier alpha value is -2.00. The average Bonchev–Trinajstić information content (AvgIpc) is 2.76. The highest BCUT2D eigenvalue weighted by Gasteiger charge is 2.32. The molecule has 0 radical (unpaired) electrons. The third-order valence-electron chi connectivity index (χ3n) is 5.19. The summed E-state index contributed by atoms with van der Waals surface area (Å²) in [7, 11) is -3.89. The van der Waals surface area contributed by atoms with Gasteiger partial charge in [0, 0.05) is 23.1 Å². The summed E-state index contributed by atoms with van der Waals surface area (Å²) < 4.78 is 26.2. The molecule has 0 aromatic heterocycles. The molecule has 1 unspecified atom stereocenters. The Kier molecular flexibility index (Phi) is 10.7. The van der Waals surface area contributed by atoms with Crippen molar-refractivity contribution in [1.82, 2.24) is 10.2 Å². The summed E-state index contributed by atoms with van der Waals surface area (Å²) in [6, 6.07) is 10.4. The van der Waals surface area contributed by atoms with Gasteiger partial charge >= 0.3 is 0 Å². The van der Waals surface area contributed by atoms with Gasteiger partial charge in [0.05, 0.1) is 17.0 Å². The standard InChI is InChI=1S/C24H30Cl3N3O4S/c1-5-21(24(32)28-13-16(2)3)29(14-17-6-8-18(25)9-7-17)23(31)15-30(35(4,33)34)22-11-10-19(26)12-20(22)27/h6-12,16,21H,5,13-15H2,1-4H3,(H,28,32). The van der Waals surface area contributed by atoms with Crippen molar-refractivity contribution in [2.45, 2.75) is 39.8 Å². The number of anilines is 1. The summed E-state index contributed by atoms with van der Waals surface area (Å²) in [5.74, 6) is -0.633. The second kappa shape index (κ2) is 12.8. The number of nitrogens with one attached hydrogen (secondary N) is 1. The maximum atomic E-state index is 13.6. The Morgan fingerprint density at radius 1 is 1.00 bits per heavy atom. The molecular formula is C24H30Cl3N3O4S. The molecule has 0 saturated carbocycles. The number of hydrogen-bond donors (Lipinski definition) is 1. The van der Waals surface area contributed by atoms with E-state index in [1.807, 2.05) is 13.8 Å². The number of amides is 2. The van der Waals surface area contributed by atoms with Crippen molar-refractivity contribution < 1.29 is 18.0 Å². The van der Waals surface area contributed by atoms with E-state index in [1.54, 1.807) is 31.2 Å². The smallest absolute Gasteiger partial charge is 0.244 e. The van der Waals surface area contributed by atoms with Crippen LogP contribution in [0.4, 0.5) is 5.69 Å². The van der Waals surface area contributed by atoms with Crippen LogP contribution in [-0.2, 0) is 26.2 Å². The van der Waals surface area contributed by atoms with Crippen LogP contribution in [0.2, 0.25) is 15.1 Å². The van der Waals surface area contributed by atoms with E-state index in [1.165, 1.54) is 23.1 Å². The lowest BCUT2D eigenvalue weighted by molar-refractivity contribution is -0.140. The number of sulfonamides is 1. The van der Waals surface area contributed by atoms with Crippen LogP contribution in [0.3, 0.4) is 0 Å². The van der Waals surface area contributed by atoms with Gasteiger partial charge in [0.25, 0.3) is 0 Å². The minimum absolute atomic E-state index is 0.0849. The largest absolute Gasteiger partial charge is 0.354 e. The summed E-state index contributed by atoms with van der Waals surface area (Å²) in [5, 5.41) is 3.82. The molecule has 0 spiro atoms. The fourth-order valence-electron chi connectivity index (χ4n) is 3.41. The quantitative estimate of drug-likeness (QED) is 0.418. The highest BCUT2D eigenvalue weighted by molar-refractivity contribution is 7.92. The minimum Gasteiger partial charge on any atom is -0.354 e. The summed E-state index contributed by atoms with van der Waals surface area (Å²) in [5.41, 5.74) is 0.865. The maximum Gasteiger partial charge on any atom is 0.244 e. The Morgan fingerprint density at radius 3 is 2.11 bits per heavy atom. The van der Waals surface area contributed by atoms with Crippen molar-refractivity contribution in [3.63, 3.8) is 0 Å². The number of nitrogens with zero attached hydrogens (tertiary/aromatic N) is 2. The van der Waals surface area contributed by atoms with Gasteiger partial charge in [0.1, 0.15) is 12.6 Å². The van der Waals surface area contributed by atoms with Crippen LogP contribution in [0.15, 0.2) is 42.5 Å². The second-order valence-electron chi connectivity index (χ2n) is 8.58. The summed E-state index contributed by atoms with van der Waals surface area (Å²) >= 11 is 18.2. The fraction of sp³-hybridized carbons (Fsp3) is 0.417. The van der Waals surface area contributed by atoms with Gasteiger partial charge in [-0.15, -0.1) is 0 Å². The molecule has 192 valence electrons. The van der Waals surface area contributed by atoms with Crippen molar-refractivity contribution in [3.05, 3.63) is 63.1 Å². The second-order valence-corrected chi connectivity index (χ2v) is 11.8. The highest BCUT2D eigenvalue weighted by Crippen LogP contribution is 2.30. The molecule has 1 atom stereocenters. The molecule has 0 saturated heterocycles. The molecule has 35 heavy (non-hydrogen) atoms. The zero-order valence-electron chi connectivity index (χ0n) is 20.1. The molecule has 0 aliphatic rings. The van der Waals surface area contributed by atoms with Gasteiger partial charge in [-0.3, -0.25) is 13.9 Å². The molecule has 11 heteroatoms. The van der Waals surface area contributed by atoms with Gasteiger partial charge in [-0.05, 0) is 48.2 Å². The zero-order chi connectivity index (χ0) is 26.3. The molecular weight excluding hydrogens is 533 g/mol. The molecule has 2 amide bonds. The van der Waals surface area contributed by atoms with Gasteiger partial charge in [0.2, 0.25) is 21.8 Å². The summed E-state index contributed by atoms with van der Waals surface area (Å²) in [6.07, 6.45) is 1.32. The Bertz CT molecular complexity index is 1140. The van der Waals surface area contributed by atoms with Crippen molar-refractivity contribution >= 4 is 62.3 Å². The Balaban J connectivity index is 2.44. The monoisotopic (exact) mass is 561 g/mol. The predicted molar refractivity (Wildman–Crippen MR) is 143 cm³/mol. The summed E-state index contributed by atoms with van der Waals surface area (Å²) in [6.45, 7) is 5.74. The molecule has 0 aliphatic carbocycles. The molecule has 7 nitrogen and oxygen atoms in total. The first kappa shape index (κ1) is 29.2. The van der Waals surface area contributed by atoms with Crippen molar-refractivity contribution in [1.29, 1.82) is 0 Å². The number of benzene rings is 2. The van der Waals surface area contributed by atoms with E-state index in [2.05, 4.69) is 5.32 Å². The van der Waals surface area contributed by atoms with E-state index in [0.717, 1.165) is 16.1 Å². The fourth-order valence-corrected chi connectivity index (χ4v) is 4.95. The van der Waals surface area contributed by atoms with Gasteiger partial charge < -0.3 is 10.2 Å². The Labute approximate surface area is 222 Å². The van der Waals surface area contributed by atoms with Crippen LogP contribution >= 0.6 is 34.8 Å². The van der Waals surface area contributed by atoms with Crippen molar-refractivity contribution in [2.24, 2.45) is 5.92 Å². The van der Waals surface area contributed by atoms with E-state index in [-0.39, 0.29) is 29.1 Å². The van der Waals surface area contributed by atoms with E-state index in [0.29, 0.717) is 23.0 Å². The van der Waals surface area contributed by atoms with Gasteiger partial charge in [-0.2, -0.15) is 0 Å². The molecule has 0 heterocycles. The van der Waals surface area contributed by atoms with Crippen LogP contribution in [0, 0.1) is 5.92 Å². The van der Waals surface area contributed by atoms with Gasteiger partial charge in [-0.25, -0.2) is 8.42 Å². The van der Waals surface area contributed by atoms with E-state index in [4.69, 9.17) is 34.8 Å². The maximum absolute atomic E-state index is 13.6. The number of carbonyl (C=O) groups is 2. The minimum atomic E-state index is -3.89. The molecule has 2 aromatic rings. The molecule has 2 rings (SSSR count). The lowest BCUT2D eigenvalue weighted by atomic mass is 10.1. The average molecular weight is 563 g/mol. The van der Waals surface area contributed by atoms with Crippen LogP contribution in [0.1, 0.15) is 32.8 Å². The number of carbonyl (C=O) groups excluding carboxylic acids is 2. The van der Waals surface area contributed by atoms with Gasteiger partial charge in [0.15, 0.2) is 0 Å². The lowest BCUT2D eigenvalue weighted by Crippen LogP contribution is -2.52. The zero-order valence-corrected chi connectivity index (χ0v) is 23.2. The molecule has 0 fully saturated rings. The van der Waals surface area contributed by atoms with E-state index < -0.39 is 28.5 Å². The van der Waals surface area contributed by atoms with Gasteiger partial charge in [-0.1, -0.05) is 67.7 Å². The van der Waals surface area contributed by atoms with E-state index in [9.17, 15) is 18.0 Å². The number of hydrogen-bond acceptors (Lipinski definition) is 4.